The molecule has 0 saturated heterocycles. The summed E-state index contributed by atoms with van der Waals surface area (Å²) in [5, 5.41) is 12.7. The van der Waals surface area contributed by atoms with Crippen LogP contribution in [0.5, 0.6) is 0 Å². The van der Waals surface area contributed by atoms with Gasteiger partial charge in [0.1, 0.15) is 0 Å². The summed E-state index contributed by atoms with van der Waals surface area (Å²) in [6.07, 6.45) is 0.453. The molecule has 1 unspecified atom stereocenters. The highest BCUT2D eigenvalue weighted by molar-refractivity contribution is 5.25. The lowest BCUT2D eigenvalue weighted by molar-refractivity contribution is 0.177. The van der Waals surface area contributed by atoms with Crippen molar-refractivity contribution in [2.45, 2.75) is 12.5 Å². The predicted octanol–water partition coefficient (Wildman–Crippen LogP) is 1.13. The van der Waals surface area contributed by atoms with Gasteiger partial charge >= 0.3 is 0 Å². The highest BCUT2D eigenvalue weighted by Crippen LogP contribution is 2.14. The smallest absolute Gasteiger partial charge is 0.0914 e. The molecule has 1 aromatic carbocycles. The zero-order valence-electron chi connectivity index (χ0n) is 9.36. The molecule has 15 heavy (non-hydrogen) atoms. The molecule has 84 valence electrons. The van der Waals surface area contributed by atoms with E-state index in [-0.39, 0.29) is 0 Å². The fraction of sp³-hybridized carbons (Fsp3) is 0.500. The van der Waals surface area contributed by atoms with Gasteiger partial charge in [0.05, 0.1) is 12.7 Å². The van der Waals surface area contributed by atoms with Crippen molar-refractivity contribution in [3.63, 3.8) is 0 Å². The molecule has 0 heterocycles. The van der Waals surface area contributed by atoms with Crippen LogP contribution in [0.4, 0.5) is 0 Å². The van der Waals surface area contributed by atoms with Crippen LogP contribution in [0.2, 0.25) is 0 Å². The lowest BCUT2D eigenvalue weighted by Gasteiger charge is -2.11. The summed E-state index contributed by atoms with van der Waals surface area (Å²) in [6.45, 7) is 1.29. The summed E-state index contributed by atoms with van der Waals surface area (Å²) in [6, 6.07) is 7.99. The predicted molar refractivity (Wildman–Crippen MR) is 60.9 cm³/mol. The Balaban J connectivity index is 2.64. The number of likely N-dealkylation sites (N-methyl/N-ethyl adjacent to an activating group) is 1. The number of aliphatic hydroxyl groups excluding tert-OH is 1. The van der Waals surface area contributed by atoms with Gasteiger partial charge in [0.2, 0.25) is 0 Å². The van der Waals surface area contributed by atoms with Gasteiger partial charge < -0.3 is 15.2 Å². The van der Waals surface area contributed by atoms with Gasteiger partial charge in [-0.05, 0) is 24.6 Å². The monoisotopic (exact) mass is 209 g/mol. The lowest BCUT2D eigenvalue weighted by Crippen LogP contribution is -2.16. The number of hydrogen-bond donors (Lipinski definition) is 2. The molecular weight excluding hydrogens is 190 g/mol. The van der Waals surface area contributed by atoms with Crippen LogP contribution in [-0.4, -0.2) is 32.4 Å². The molecule has 0 fully saturated rings. The van der Waals surface area contributed by atoms with Crippen molar-refractivity contribution >= 4 is 0 Å². The molecule has 1 aromatic rings. The van der Waals surface area contributed by atoms with E-state index in [1.165, 1.54) is 5.56 Å². The normalized spacial score (nSPS) is 12.7. The summed E-state index contributed by atoms with van der Waals surface area (Å²) >= 11 is 0. The van der Waals surface area contributed by atoms with Crippen molar-refractivity contribution in [2.24, 2.45) is 0 Å². The van der Waals surface area contributed by atoms with Crippen molar-refractivity contribution < 1.29 is 9.84 Å². The second kappa shape index (κ2) is 6.56. The van der Waals surface area contributed by atoms with Gasteiger partial charge in [-0.25, -0.2) is 0 Å². The third kappa shape index (κ3) is 4.00. The standard InChI is InChI=1S/C12H19NO2/c1-13-9-12(14)11-5-3-4-10(8-11)6-7-15-2/h3-5,8,12-14H,6-7,9H2,1-2H3. The summed E-state index contributed by atoms with van der Waals surface area (Å²) in [4.78, 5) is 0. The zero-order valence-corrected chi connectivity index (χ0v) is 9.36. The molecular formula is C12H19NO2. The average molecular weight is 209 g/mol. The summed E-state index contributed by atoms with van der Waals surface area (Å²) < 4.78 is 5.02. The minimum absolute atomic E-state index is 0.433. The Morgan fingerprint density at radius 3 is 2.93 bits per heavy atom. The Hall–Kier alpha value is -0.900. The van der Waals surface area contributed by atoms with Gasteiger partial charge in [-0.2, -0.15) is 0 Å². The third-order valence-electron chi connectivity index (χ3n) is 2.33. The van der Waals surface area contributed by atoms with Gasteiger partial charge in [0.25, 0.3) is 0 Å². The Kier molecular flexibility index (Phi) is 5.32. The molecule has 1 rings (SSSR count). The van der Waals surface area contributed by atoms with Gasteiger partial charge in [0.15, 0.2) is 0 Å². The molecule has 1 atom stereocenters. The number of ether oxygens (including phenoxy) is 1. The van der Waals surface area contributed by atoms with Crippen molar-refractivity contribution in [3.8, 4) is 0 Å². The summed E-state index contributed by atoms with van der Waals surface area (Å²) in [7, 11) is 3.53. The van der Waals surface area contributed by atoms with E-state index < -0.39 is 6.10 Å². The number of nitrogens with one attached hydrogen (secondary N) is 1. The van der Waals surface area contributed by atoms with E-state index in [9.17, 15) is 5.11 Å². The van der Waals surface area contributed by atoms with Crippen LogP contribution in [0.3, 0.4) is 0 Å². The zero-order chi connectivity index (χ0) is 11.1. The number of rotatable bonds is 6. The van der Waals surface area contributed by atoms with Crippen LogP contribution in [0.25, 0.3) is 0 Å². The summed E-state index contributed by atoms with van der Waals surface area (Å²) in [5.74, 6) is 0. The van der Waals surface area contributed by atoms with Crippen molar-refractivity contribution in [2.75, 3.05) is 27.3 Å². The van der Waals surface area contributed by atoms with E-state index in [0.717, 1.165) is 12.0 Å². The lowest BCUT2D eigenvalue weighted by atomic mass is 10.0. The summed E-state index contributed by atoms with van der Waals surface area (Å²) in [5.41, 5.74) is 2.16. The molecule has 3 heteroatoms. The van der Waals surface area contributed by atoms with Gasteiger partial charge in [-0.15, -0.1) is 0 Å². The Bertz CT molecular complexity index is 289. The second-order valence-corrected chi connectivity index (χ2v) is 3.56. The maximum absolute atomic E-state index is 9.78. The van der Waals surface area contributed by atoms with Gasteiger partial charge in [-0.1, -0.05) is 24.3 Å². The molecule has 0 aliphatic carbocycles. The van der Waals surface area contributed by atoms with Crippen LogP contribution >= 0.6 is 0 Å². The maximum atomic E-state index is 9.78. The van der Waals surface area contributed by atoms with E-state index in [1.807, 2.05) is 25.2 Å². The van der Waals surface area contributed by atoms with Crippen LogP contribution in [0.1, 0.15) is 17.2 Å². The molecule has 0 saturated carbocycles. The van der Waals surface area contributed by atoms with Crippen LogP contribution in [-0.2, 0) is 11.2 Å². The molecule has 3 nitrogen and oxygen atoms in total. The molecule has 0 aliphatic heterocycles. The first-order chi connectivity index (χ1) is 7.27. The fourth-order valence-electron chi connectivity index (χ4n) is 1.49. The van der Waals surface area contributed by atoms with E-state index >= 15 is 0 Å². The first kappa shape index (κ1) is 12.2. The number of aliphatic hydroxyl groups is 1. The molecule has 2 N–H and O–H groups in total. The SMILES string of the molecule is CNCC(O)c1cccc(CCOC)c1. The van der Waals surface area contributed by atoms with E-state index in [2.05, 4.69) is 11.4 Å². The molecule has 0 radical (unpaired) electrons. The number of hydrogen-bond acceptors (Lipinski definition) is 3. The highest BCUT2D eigenvalue weighted by atomic mass is 16.5. The quantitative estimate of drug-likeness (QED) is 0.738. The van der Waals surface area contributed by atoms with Crippen molar-refractivity contribution in [3.05, 3.63) is 35.4 Å². The Morgan fingerprint density at radius 2 is 2.27 bits per heavy atom. The minimum Gasteiger partial charge on any atom is -0.387 e. The van der Waals surface area contributed by atoms with Crippen LogP contribution < -0.4 is 5.32 Å². The van der Waals surface area contributed by atoms with Crippen molar-refractivity contribution in [1.82, 2.24) is 5.32 Å². The van der Waals surface area contributed by atoms with Crippen LogP contribution in [0, 0.1) is 0 Å². The highest BCUT2D eigenvalue weighted by Gasteiger charge is 2.06. The maximum Gasteiger partial charge on any atom is 0.0914 e. The fourth-order valence-corrected chi connectivity index (χ4v) is 1.49. The topological polar surface area (TPSA) is 41.5 Å². The molecule has 0 aliphatic rings. The Labute approximate surface area is 91.1 Å². The average Bonchev–Trinajstić information content (AvgIpc) is 2.27. The van der Waals surface area contributed by atoms with Crippen molar-refractivity contribution in [1.29, 1.82) is 0 Å². The largest absolute Gasteiger partial charge is 0.387 e. The van der Waals surface area contributed by atoms with Gasteiger partial charge in [0, 0.05) is 13.7 Å². The van der Waals surface area contributed by atoms with Crippen LogP contribution in [0.15, 0.2) is 24.3 Å². The molecule has 0 amide bonds. The van der Waals surface area contributed by atoms with E-state index in [1.54, 1.807) is 7.11 Å². The first-order valence-electron chi connectivity index (χ1n) is 5.18. The number of benzene rings is 1. The number of methoxy groups -OCH3 is 1. The first-order valence-corrected chi connectivity index (χ1v) is 5.18. The minimum atomic E-state index is -0.433. The molecule has 0 aromatic heterocycles. The van der Waals surface area contributed by atoms with E-state index in [4.69, 9.17) is 4.74 Å². The van der Waals surface area contributed by atoms with Gasteiger partial charge in [-0.3, -0.25) is 0 Å². The third-order valence-corrected chi connectivity index (χ3v) is 2.33. The second-order valence-electron chi connectivity index (χ2n) is 3.56. The van der Waals surface area contributed by atoms with E-state index in [0.29, 0.717) is 13.2 Å². The Morgan fingerprint density at radius 1 is 1.47 bits per heavy atom. The molecule has 0 bridgehead atoms. The molecule has 0 spiro atoms.